The van der Waals surface area contributed by atoms with Gasteiger partial charge in [-0.05, 0) is 37.3 Å². The van der Waals surface area contributed by atoms with Gasteiger partial charge in [0.15, 0.2) is 0 Å². The van der Waals surface area contributed by atoms with Crippen LogP contribution in [0.4, 0.5) is 5.69 Å². The second-order valence-electron chi connectivity index (χ2n) is 5.76. The van der Waals surface area contributed by atoms with Gasteiger partial charge in [0.25, 0.3) is 0 Å². The van der Waals surface area contributed by atoms with Gasteiger partial charge in [0.2, 0.25) is 15.9 Å². The van der Waals surface area contributed by atoms with Crippen LogP contribution in [0.15, 0.2) is 42.5 Å². The zero-order valence-electron chi connectivity index (χ0n) is 16.0. The Bertz CT molecular complexity index is 897. The average molecular weight is 408 g/mol. The Morgan fingerprint density at radius 3 is 2.29 bits per heavy atom. The maximum absolute atomic E-state index is 12.3. The third-order valence-electron chi connectivity index (χ3n) is 3.74. The molecule has 2 aromatic rings. The van der Waals surface area contributed by atoms with Gasteiger partial charge in [-0.3, -0.25) is 4.79 Å². The Labute approximate surface area is 164 Å². The molecule has 0 fully saturated rings. The minimum Gasteiger partial charge on any atom is -0.497 e. The van der Waals surface area contributed by atoms with Crippen LogP contribution in [0.1, 0.15) is 12.5 Å². The largest absolute Gasteiger partial charge is 0.497 e. The Balaban J connectivity index is 1.92. The summed E-state index contributed by atoms with van der Waals surface area (Å²) in [6.45, 7) is 2.05. The van der Waals surface area contributed by atoms with E-state index in [0.717, 1.165) is 0 Å². The predicted molar refractivity (Wildman–Crippen MR) is 106 cm³/mol. The zero-order chi connectivity index (χ0) is 20.6. The van der Waals surface area contributed by atoms with Gasteiger partial charge in [0.05, 0.1) is 33.1 Å². The molecule has 0 aliphatic heterocycles. The summed E-state index contributed by atoms with van der Waals surface area (Å²) in [5, 5.41) is 2.62. The fourth-order valence-electron chi connectivity index (χ4n) is 2.41. The van der Waals surface area contributed by atoms with Crippen molar-refractivity contribution in [3.8, 4) is 17.2 Å². The zero-order valence-corrected chi connectivity index (χ0v) is 16.8. The molecular formula is C19H24N2O6S. The van der Waals surface area contributed by atoms with Gasteiger partial charge >= 0.3 is 0 Å². The molecule has 2 aromatic carbocycles. The summed E-state index contributed by atoms with van der Waals surface area (Å²) in [5.74, 6) is 0.838. The van der Waals surface area contributed by atoms with Gasteiger partial charge in [-0.2, -0.15) is 0 Å². The van der Waals surface area contributed by atoms with Gasteiger partial charge < -0.3 is 19.5 Å². The molecule has 152 valence electrons. The first-order valence-corrected chi connectivity index (χ1v) is 10.2. The summed E-state index contributed by atoms with van der Waals surface area (Å²) >= 11 is 0. The van der Waals surface area contributed by atoms with Gasteiger partial charge in [0, 0.05) is 17.3 Å². The molecule has 1 amide bonds. The van der Waals surface area contributed by atoms with Gasteiger partial charge in [-0.15, -0.1) is 0 Å². The molecular weight excluding hydrogens is 384 g/mol. The third kappa shape index (κ3) is 6.43. The average Bonchev–Trinajstić information content (AvgIpc) is 2.68. The number of anilines is 1. The van der Waals surface area contributed by atoms with E-state index in [1.807, 2.05) is 6.92 Å². The highest BCUT2D eigenvalue weighted by atomic mass is 32.2. The van der Waals surface area contributed by atoms with Crippen molar-refractivity contribution < 1.29 is 27.4 Å². The van der Waals surface area contributed by atoms with Crippen molar-refractivity contribution in [1.82, 2.24) is 4.72 Å². The molecule has 0 saturated heterocycles. The number of carbonyl (C=O) groups excluding carboxylic acids is 1. The van der Waals surface area contributed by atoms with Crippen molar-refractivity contribution in [3.63, 3.8) is 0 Å². The van der Waals surface area contributed by atoms with Crippen LogP contribution < -0.4 is 24.2 Å². The standard InChI is InChI=1S/C19H24N2O6S/c1-4-27-16-9-6-15(7-10-16)21-19(22)12-20-28(23,24)13-14-5-8-17(25-2)11-18(14)26-3/h5-11,20H,4,12-13H2,1-3H3,(H,21,22). The quantitative estimate of drug-likeness (QED) is 0.625. The lowest BCUT2D eigenvalue weighted by atomic mass is 10.2. The van der Waals surface area contributed by atoms with Crippen LogP contribution in [0, 0.1) is 0 Å². The molecule has 0 bridgehead atoms. The van der Waals surface area contributed by atoms with Crippen LogP contribution in [-0.2, 0) is 20.6 Å². The van der Waals surface area contributed by atoms with E-state index in [1.165, 1.54) is 14.2 Å². The molecule has 0 atom stereocenters. The lowest BCUT2D eigenvalue weighted by Gasteiger charge is -2.12. The van der Waals surface area contributed by atoms with Crippen LogP contribution in [-0.4, -0.2) is 41.7 Å². The molecule has 0 spiro atoms. The Kier molecular flexibility index (Phi) is 7.65. The van der Waals surface area contributed by atoms with E-state index in [9.17, 15) is 13.2 Å². The van der Waals surface area contributed by atoms with E-state index < -0.39 is 15.9 Å². The minimum atomic E-state index is -3.74. The fourth-order valence-corrected chi connectivity index (χ4v) is 3.51. The number of rotatable bonds is 10. The normalized spacial score (nSPS) is 11.0. The maximum atomic E-state index is 12.3. The van der Waals surface area contributed by atoms with Crippen molar-refractivity contribution in [2.45, 2.75) is 12.7 Å². The van der Waals surface area contributed by atoms with E-state index in [1.54, 1.807) is 42.5 Å². The maximum Gasteiger partial charge on any atom is 0.239 e. The summed E-state index contributed by atoms with van der Waals surface area (Å²) in [7, 11) is -0.783. The molecule has 0 heterocycles. The first-order chi connectivity index (χ1) is 13.4. The molecule has 9 heteroatoms. The molecule has 0 saturated carbocycles. The second kappa shape index (κ2) is 9.95. The SMILES string of the molecule is CCOc1ccc(NC(=O)CNS(=O)(=O)Cc2ccc(OC)cc2OC)cc1. The van der Waals surface area contributed by atoms with E-state index in [2.05, 4.69) is 10.0 Å². The Morgan fingerprint density at radius 2 is 1.68 bits per heavy atom. The number of ether oxygens (including phenoxy) is 3. The van der Waals surface area contributed by atoms with Crippen molar-refractivity contribution in [3.05, 3.63) is 48.0 Å². The number of hydrogen-bond donors (Lipinski definition) is 2. The summed E-state index contributed by atoms with van der Waals surface area (Å²) in [4.78, 5) is 12.0. The third-order valence-corrected chi connectivity index (χ3v) is 5.02. The number of nitrogens with one attached hydrogen (secondary N) is 2. The summed E-state index contributed by atoms with van der Waals surface area (Å²) < 4.78 is 42.5. The fraction of sp³-hybridized carbons (Fsp3) is 0.316. The summed E-state index contributed by atoms with van der Waals surface area (Å²) in [5.41, 5.74) is 1.01. The highest BCUT2D eigenvalue weighted by Crippen LogP contribution is 2.25. The number of methoxy groups -OCH3 is 2. The Morgan fingerprint density at radius 1 is 1.00 bits per heavy atom. The van der Waals surface area contributed by atoms with Crippen LogP contribution in [0.25, 0.3) is 0 Å². The van der Waals surface area contributed by atoms with Crippen LogP contribution in [0.2, 0.25) is 0 Å². The van der Waals surface area contributed by atoms with Crippen LogP contribution >= 0.6 is 0 Å². The van der Waals surface area contributed by atoms with E-state index >= 15 is 0 Å². The van der Waals surface area contributed by atoms with Crippen LogP contribution in [0.3, 0.4) is 0 Å². The number of amides is 1. The number of carbonyl (C=O) groups is 1. The monoisotopic (exact) mass is 408 g/mol. The highest BCUT2D eigenvalue weighted by molar-refractivity contribution is 7.88. The lowest BCUT2D eigenvalue weighted by molar-refractivity contribution is -0.115. The first-order valence-electron chi connectivity index (χ1n) is 8.57. The van der Waals surface area contributed by atoms with E-state index in [-0.39, 0.29) is 12.3 Å². The van der Waals surface area contributed by atoms with E-state index in [4.69, 9.17) is 14.2 Å². The summed E-state index contributed by atoms with van der Waals surface area (Å²) in [6.07, 6.45) is 0. The van der Waals surface area contributed by atoms with Gasteiger partial charge in [-0.25, -0.2) is 13.1 Å². The van der Waals surface area contributed by atoms with Crippen LogP contribution in [0.5, 0.6) is 17.2 Å². The predicted octanol–water partition coefficient (Wildman–Crippen LogP) is 2.16. The lowest BCUT2D eigenvalue weighted by Crippen LogP contribution is -2.33. The van der Waals surface area contributed by atoms with Crippen molar-refractivity contribution in [1.29, 1.82) is 0 Å². The van der Waals surface area contributed by atoms with Crippen molar-refractivity contribution in [2.24, 2.45) is 0 Å². The number of hydrogen-bond acceptors (Lipinski definition) is 6. The number of sulfonamides is 1. The molecule has 2 N–H and O–H groups in total. The minimum absolute atomic E-state index is 0.323. The van der Waals surface area contributed by atoms with Gasteiger partial charge in [0.1, 0.15) is 17.2 Å². The smallest absolute Gasteiger partial charge is 0.239 e. The summed E-state index contributed by atoms with van der Waals surface area (Å²) in [6, 6.07) is 11.7. The molecule has 28 heavy (non-hydrogen) atoms. The molecule has 0 aliphatic rings. The van der Waals surface area contributed by atoms with Gasteiger partial charge in [-0.1, -0.05) is 6.07 Å². The van der Waals surface area contributed by atoms with E-state index in [0.29, 0.717) is 35.1 Å². The molecule has 0 aromatic heterocycles. The van der Waals surface area contributed by atoms with Crippen molar-refractivity contribution in [2.75, 3.05) is 32.7 Å². The number of benzene rings is 2. The molecule has 2 rings (SSSR count). The highest BCUT2D eigenvalue weighted by Gasteiger charge is 2.17. The molecule has 8 nitrogen and oxygen atoms in total. The van der Waals surface area contributed by atoms with Crippen molar-refractivity contribution >= 4 is 21.6 Å². The molecule has 0 radical (unpaired) electrons. The molecule has 0 aliphatic carbocycles. The topological polar surface area (TPSA) is 103 Å². The second-order valence-corrected chi connectivity index (χ2v) is 7.57. The Hall–Kier alpha value is -2.78. The first kappa shape index (κ1) is 21.5. The molecule has 0 unspecified atom stereocenters.